The molecule has 1 aromatic heterocycles. The summed E-state index contributed by atoms with van der Waals surface area (Å²) in [6.07, 6.45) is 0.786. The first-order valence-electron chi connectivity index (χ1n) is 3.85. The third-order valence-corrected chi connectivity index (χ3v) is 1.51. The van der Waals surface area contributed by atoms with Crippen LogP contribution < -0.4 is 5.73 Å². The van der Waals surface area contributed by atoms with Crippen molar-refractivity contribution in [3.05, 3.63) is 11.7 Å². The van der Waals surface area contributed by atoms with Crippen LogP contribution in [0.3, 0.4) is 0 Å². The molecule has 12 heavy (non-hydrogen) atoms. The molecule has 0 radical (unpaired) electrons. The molecule has 1 unspecified atom stereocenters. The maximum atomic E-state index is 5.67. The summed E-state index contributed by atoms with van der Waals surface area (Å²) < 4.78 is 9.73. The Labute approximate surface area is 70.9 Å². The minimum atomic E-state index is -0.164. The molecule has 0 aliphatic carbocycles. The van der Waals surface area contributed by atoms with Gasteiger partial charge in [-0.05, 0) is 6.42 Å². The van der Waals surface area contributed by atoms with Gasteiger partial charge in [-0.1, -0.05) is 12.1 Å². The lowest BCUT2D eigenvalue weighted by Crippen LogP contribution is -2.08. The summed E-state index contributed by atoms with van der Waals surface area (Å²) in [5.74, 6) is 1.01. The van der Waals surface area contributed by atoms with Crippen molar-refractivity contribution in [1.82, 2.24) is 10.1 Å². The molecule has 2 N–H and O–H groups in total. The van der Waals surface area contributed by atoms with Gasteiger partial charge in [0.25, 0.3) is 0 Å². The van der Waals surface area contributed by atoms with E-state index in [2.05, 4.69) is 10.1 Å². The van der Waals surface area contributed by atoms with Gasteiger partial charge in [0.2, 0.25) is 5.89 Å². The zero-order valence-corrected chi connectivity index (χ0v) is 7.28. The van der Waals surface area contributed by atoms with Crippen molar-refractivity contribution in [3.63, 3.8) is 0 Å². The highest BCUT2D eigenvalue weighted by molar-refractivity contribution is 4.89. The van der Waals surface area contributed by atoms with Gasteiger partial charge in [-0.15, -0.1) is 0 Å². The third kappa shape index (κ3) is 2.02. The topological polar surface area (TPSA) is 74.2 Å². The van der Waals surface area contributed by atoms with Gasteiger partial charge in [0.1, 0.15) is 6.61 Å². The van der Waals surface area contributed by atoms with Crippen LogP contribution in [0.1, 0.15) is 31.1 Å². The fourth-order valence-corrected chi connectivity index (χ4v) is 0.780. The van der Waals surface area contributed by atoms with Crippen LogP contribution >= 0.6 is 0 Å². The maximum Gasteiger partial charge on any atom is 0.243 e. The molecule has 0 saturated heterocycles. The van der Waals surface area contributed by atoms with E-state index in [1.165, 1.54) is 0 Å². The van der Waals surface area contributed by atoms with Crippen molar-refractivity contribution in [1.29, 1.82) is 0 Å². The highest BCUT2D eigenvalue weighted by atomic mass is 16.5. The standard InChI is InChI=1S/C7H13N3O2/c1-3-5(8)7-9-6(4-11-2)10-12-7/h5H,3-4,8H2,1-2H3. The molecular formula is C7H13N3O2. The second-order valence-electron chi connectivity index (χ2n) is 2.50. The van der Waals surface area contributed by atoms with Gasteiger partial charge in [-0.2, -0.15) is 4.98 Å². The Morgan fingerprint density at radius 3 is 3.00 bits per heavy atom. The number of rotatable bonds is 4. The van der Waals surface area contributed by atoms with E-state index in [4.69, 9.17) is 15.0 Å². The van der Waals surface area contributed by atoms with Gasteiger partial charge < -0.3 is 15.0 Å². The van der Waals surface area contributed by atoms with Crippen molar-refractivity contribution >= 4 is 0 Å². The van der Waals surface area contributed by atoms with Crippen LogP contribution in [0.25, 0.3) is 0 Å². The molecule has 0 fully saturated rings. The van der Waals surface area contributed by atoms with Crippen molar-refractivity contribution < 1.29 is 9.26 Å². The first-order chi connectivity index (χ1) is 5.77. The van der Waals surface area contributed by atoms with Gasteiger partial charge in [-0.3, -0.25) is 0 Å². The van der Waals surface area contributed by atoms with E-state index in [0.29, 0.717) is 18.3 Å². The molecule has 0 aromatic carbocycles. The zero-order chi connectivity index (χ0) is 8.97. The molecule has 0 spiro atoms. The van der Waals surface area contributed by atoms with E-state index in [9.17, 15) is 0 Å². The van der Waals surface area contributed by atoms with E-state index in [0.717, 1.165) is 6.42 Å². The quantitative estimate of drug-likeness (QED) is 0.719. The second-order valence-corrected chi connectivity index (χ2v) is 2.50. The van der Waals surface area contributed by atoms with E-state index in [1.54, 1.807) is 7.11 Å². The minimum Gasteiger partial charge on any atom is -0.377 e. The summed E-state index contributed by atoms with van der Waals surface area (Å²) in [5.41, 5.74) is 5.67. The Balaban J connectivity index is 2.63. The molecule has 68 valence electrons. The molecule has 0 saturated carbocycles. The predicted octanol–water partition coefficient (Wildman–Crippen LogP) is 0.626. The Kier molecular flexibility index (Phi) is 3.19. The molecule has 1 rings (SSSR count). The fourth-order valence-electron chi connectivity index (χ4n) is 0.780. The van der Waals surface area contributed by atoms with Crippen LogP contribution in [0, 0.1) is 0 Å². The Morgan fingerprint density at radius 1 is 1.67 bits per heavy atom. The van der Waals surface area contributed by atoms with Gasteiger partial charge in [0.15, 0.2) is 5.82 Å². The molecule has 0 aliphatic heterocycles. The lowest BCUT2D eigenvalue weighted by atomic mass is 10.2. The molecule has 1 aromatic rings. The van der Waals surface area contributed by atoms with Crippen molar-refractivity contribution in [3.8, 4) is 0 Å². The Morgan fingerprint density at radius 2 is 2.42 bits per heavy atom. The molecular weight excluding hydrogens is 158 g/mol. The second kappa shape index (κ2) is 4.18. The molecule has 0 amide bonds. The summed E-state index contributed by atoms with van der Waals surface area (Å²) in [7, 11) is 1.58. The van der Waals surface area contributed by atoms with Gasteiger partial charge in [0.05, 0.1) is 6.04 Å². The monoisotopic (exact) mass is 171 g/mol. The van der Waals surface area contributed by atoms with Crippen LogP contribution in [-0.4, -0.2) is 17.3 Å². The smallest absolute Gasteiger partial charge is 0.243 e. The Bertz CT molecular complexity index is 236. The van der Waals surface area contributed by atoms with Crippen molar-refractivity contribution in [2.24, 2.45) is 5.73 Å². The molecule has 5 heteroatoms. The lowest BCUT2D eigenvalue weighted by Gasteiger charge is -1.98. The van der Waals surface area contributed by atoms with E-state index < -0.39 is 0 Å². The zero-order valence-electron chi connectivity index (χ0n) is 7.28. The Hall–Kier alpha value is -0.940. The number of aromatic nitrogens is 2. The highest BCUT2D eigenvalue weighted by Gasteiger charge is 2.11. The largest absolute Gasteiger partial charge is 0.377 e. The molecule has 5 nitrogen and oxygen atoms in total. The SMILES string of the molecule is CCC(N)c1nc(COC)no1. The molecule has 0 bridgehead atoms. The molecule has 1 heterocycles. The lowest BCUT2D eigenvalue weighted by molar-refractivity contribution is 0.174. The van der Waals surface area contributed by atoms with E-state index in [1.807, 2.05) is 6.92 Å². The number of hydrogen-bond acceptors (Lipinski definition) is 5. The maximum absolute atomic E-state index is 5.67. The number of methoxy groups -OCH3 is 1. The van der Waals surface area contributed by atoms with Crippen LogP contribution in [0.2, 0.25) is 0 Å². The van der Waals surface area contributed by atoms with E-state index >= 15 is 0 Å². The van der Waals surface area contributed by atoms with Crippen molar-refractivity contribution in [2.45, 2.75) is 26.0 Å². The number of hydrogen-bond donors (Lipinski definition) is 1. The van der Waals surface area contributed by atoms with Crippen LogP contribution in [0.15, 0.2) is 4.52 Å². The molecule has 1 atom stereocenters. The highest BCUT2D eigenvalue weighted by Crippen LogP contribution is 2.10. The summed E-state index contributed by atoms with van der Waals surface area (Å²) in [6.45, 7) is 2.32. The van der Waals surface area contributed by atoms with E-state index in [-0.39, 0.29) is 6.04 Å². The van der Waals surface area contributed by atoms with Gasteiger partial charge in [-0.25, -0.2) is 0 Å². The number of ether oxygens (including phenoxy) is 1. The van der Waals surface area contributed by atoms with Crippen LogP contribution in [-0.2, 0) is 11.3 Å². The first-order valence-corrected chi connectivity index (χ1v) is 3.85. The summed E-state index contributed by atoms with van der Waals surface area (Å²) >= 11 is 0. The third-order valence-electron chi connectivity index (χ3n) is 1.51. The minimum absolute atomic E-state index is 0.164. The average molecular weight is 171 g/mol. The predicted molar refractivity (Wildman–Crippen MR) is 42.2 cm³/mol. The van der Waals surface area contributed by atoms with Gasteiger partial charge in [0, 0.05) is 7.11 Å². The summed E-state index contributed by atoms with van der Waals surface area (Å²) in [5, 5.41) is 3.68. The normalized spacial score (nSPS) is 13.2. The summed E-state index contributed by atoms with van der Waals surface area (Å²) in [6, 6.07) is -0.164. The fraction of sp³-hybridized carbons (Fsp3) is 0.714. The number of nitrogens with two attached hydrogens (primary N) is 1. The van der Waals surface area contributed by atoms with Crippen LogP contribution in [0.5, 0.6) is 0 Å². The summed E-state index contributed by atoms with van der Waals surface area (Å²) in [4.78, 5) is 4.04. The number of nitrogens with zero attached hydrogens (tertiary/aromatic N) is 2. The molecule has 0 aliphatic rings. The average Bonchev–Trinajstić information content (AvgIpc) is 2.52. The van der Waals surface area contributed by atoms with Crippen LogP contribution in [0.4, 0.5) is 0 Å². The van der Waals surface area contributed by atoms with Crippen molar-refractivity contribution in [2.75, 3.05) is 7.11 Å². The first kappa shape index (κ1) is 9.15. The van der Waals surface area contributed by atoms with Gasteiger partial charge >= 0.3 is 0 Å².